The highest BCUT2D eigenvalue weighted by Gasteiger charge is 2.28. The lowest BCUT2D eigenvalue weighted by Gasteiger charge is -2.27. The Morgan fingerprint density at radius 1 is 0.964 bits per heavy atom. The monoisotopic (exact) mass is 370 g/mol. The molecule has 0 bridgehead atoms. The van der Waals surface area contributed by atoms with Crippen LogP contribution in [0.15, 0.2) is 72.9 Å². The molecule has 6 nitrogen and oxygen atoms in total. The van der Waals surface area contributed by atoms with Crippen molar-refractivity contribution in [1.29, 1.82) is 0 Å². The van der Waals surface area contributed by atoms with Crippen molar-refractivity contribution < 1.29 is 9.53 Å². The number of ether oxygens (including phenoxy) is 1. The molecule has 0 atom stereocenters. The zero-order valence-electron chi connectivity index (χ0n) is 15.2. The summed E-state index contributed by atoms with van der Waals surface area (Å²) in [5.74, 6) is 0.713. The molecule has 138 valence electrons. The first-order valence-electron chi connectivity index (χ1n) is 9.19. The van der Waals surface area contributed by atoms with E-state index in [9.17, 15) is 4.79 Å². The van der Waals surface area contributed by atoms with Gasteiger partial charge in [-0.15, -0.1) is 0 Å². The molecule has 1 aliphatic heterocycles. The smallest absolute Gasteiger partial charge is 0.276 e. The normalized spacial score (nSPS) is 13.6. The van der Waals surface area contributed by atoms with Gasteiger partial charge < -0.3 is 9.64 Å². The summed E-state index contributed by atoms with van der Waals surface area (Å²) < 4.78 is 7.51. The van der Waals surface area contributed by atoms with Gasteiger partial charge in [0.2, 0.25) is 0 Å². The Bertz CT molecular complexity index is 1150. The number of benzene rings is 2. The van der Waals surface area contributed by atoms with E-state index in [1.54, 1.807) is 15.8 Å². The van der Waals surface area contributed by atoms with Gasteiger partial charge in [0.25, 0.3) is 5.91 Å². The van der Waals surface area contributed by atoms with Crippen LogP contribution >= 0.6 is 0 Å². The van der Waals surface area contributed by atoms with E-state index >= 15 is 0 Å². The number of anilines is 1. The number of para-hydroxylation sites is 2. The van der Waals surface area contributed by atoms with Crippen molar-refractivity contribution in [2.45, 2.75) is 13.2 Å². The molecular weight excluding hydrogens is 352 g/mol. The third kappa shape index (κ3) is 2.99. The van der Waals surface area contributed by atoms with Gasteiger partial charge in [-0.2, -0.15) is 5.10 Å². The zero-order valence-corrected chi connectivity index (χ0v) is 15.2. The highest BCUT2D eigenvalue weighted by molar-refractivity contribution is 6.06. The minimum Gasteiger partial charge on any atom is -0.487 e. The zero-order chi connectivity index (χ0) is 18.9. The fraction of sp³-hybridized carbons (Fsp3) is 0.136. The predicted molar refractivity (Wildman–Crippen MR) is 106 cm³/mol. The van der Waals surface area contributed by atoms with Gasteiger partial charge in [0.1, 0.15) is 23.7 Å². The maximum absolute atomic E-state index is 13.0. The van der Waals surface area contributed by atoms with E-state index in [0.717, 1.165) is 28.0 Å². The first-order chi connectivity index (χ1) is 13.8. The minimum atomic E-state index is -0.0678. The number of nitrogens with zero attached hydrogens (tertiary/aromatic N) is 4. The van der Waals surface area contributed by atoms with Gasteiger partial charge in [0.15, 0.2) is 0 Å². The first kappa shape index (κ1) is 16.5. The van der Waals surface area contributed by atoms with Crippen LogP contribution in [0.4, 0.5) is 5.69 Å². The number of carbonyl (C=O) groups is 1. The van der Waals surface area contributed by atoms with E-state index in [4.69, 9.17) is 4.74 Å². The van der Waals surface area contributed by atoms with E-state index in [-0.39, 0.29) is 5.91 Å². The molecule has 0 saturated carbocycles. The lowest BCUT2D eigenvalue weighted by Crippen LogP contribution is -2.40. The Morgan fingerprint density at radius 2 is 1.79 bits per heavy atom. The first-order valence-corrected chi connectivity index (χ1v) is 9.19. The highest BCUT2D eigenvalue weighted by atomic mass is 16.5. The molecular formula is C22H18N4O2. The van der Waals surface area contributed by atoms with Crippen molar-refractivity contribution in [2.75, 3.05) is 11.4 Å². The number of fused-ring (bicyclic) bond motifs is 2. The second-order valence-corrected chi connectivity index (χ2v) is 6.69. The van der Waals surface area contributed by atoms with Crippen LogP contribution in [0, 0.1) is 0 Å². The lowest BCUT2D eigenvalue weighted by molar-refractivity contribution is 0.0962. The number of amides is 1. The van der Waals surface area contributed by atoms with Gasteiger partial charge in [0.05, 0.1) is 23.9 Å². The van der Waals surface area contributed by atoms with Crippen molar-refractivity contribution in [3.63, 3.8) is 0 Å². The standard InChI is InChI=1S/C22H18N4O2/c27-22-21-13-17(15-28-19-7-2-1-3-8-19)24-26(21)11-10-25(22)18-12-16-6-4-5-9-20(16)23-14-18/h1-9,12-14H,10-11,15H2. The summed E-state index contributed by atoms with van der Waals surface area (Å²) >= 11 is 0. The average molecular weight is 370 g/mol. The Balaban J connectivity index is 1.38. The third-order valence-corrected chi connectivity index (χ3v) is 4.85. The molecule has 0 fully saturated rings. The molecule has 5 rings (SSSR count). The highest BCUT2D eigenvalue weighted by Crippen LogP contribution is 2.24. The van der Waals surface area contributed by atoms with Crippen molar-refractivity contribution in [3.05, 3.63) is 84.3 Å². The number of hydrogen-bond acceptors (Lipinski definition) is 4. The van der Waals surface area contributed by atoms with E-state index in [1.807, 2.05) is 66.7 Å². The number of aromatic nitrogens is 3. The Hall–Kier alpha value is -3.67. The van der Waals surface area contributed by atoms with Crippen LogP contribution in [0.25, 0.3) is 10.9 Å². The van der Waals surface area contributed by atoms with Crippen molar-refractivity contribution >= 4 is 22.5 Å². The molecule has 1 aliphatic rings. The average Bonchev–Trinajstić information content (AvgIpc) is 3.17. The van der Waals surface area contributed by atoms with Crippen LogP contribution in [0.2, 0.25) is 0 Å². The van der Waals surface area contributed by atoms with Gasteiger partial charge in [-0.1, -0.05) is 36.4 Å². The Kier molecular flexibility index (Phi) is 4.01. The molecule has 3 heterocycles. The van der Waals surface area contributed by atoms with E-state index < -0.39 is 0 Å². The van der Waals surface area contributed by atoms with Gasteiger partial charge in [-0.05, 0) is 30.3 Å². The number of hydrogen-bond donors (Lipinski definition) is 0. The lowest BCUT2D eigenvalue weighted by atomic mass is 10.2. The minimum absolute atomic E-state index is 0.0678. The molecule has 28 heavy (non-hydrogen) atoms. The maximum atomic E-state index is 13.0. The second-order valence-electron chi connectivity index (χ2n) is 6.69. The fourth-order valence-electron chi connectivity index (χ4n) is 3.45. The SMILES string of the molecule is O=C1c2cc(COc3ccccc3)nn2CCN1c1cnc2ccccc2c1. The van der Waals surface area contributed by atoms with Gasteiger partial charge in [-0.3, -0.25) is 14.5 Å². The molecule has 0 unspecified atom stereocenters. The summed E-state index contributed by atoms with van der Waals surface area (Å²) in [5, 5.41) is 5.54. The van der Waals surface area contributed by atoms with E-state index in [2.05, 4.69) is 10.1 Å². The van der Waals surface area contributed by atoms with Crippen LogP contribution in [-0.2, 0) is 13.2 Å². The molecule has 2 aromatic heterocycles. The number of pyridine rings is 1. The quantitative estimate of drug-likeness (QED) is 0.550. The molecule has 0 N–H and O–H groups in total. The second kappa shape index (κ2) is 6.81. The van der Waals surface area contributed by atoms with Crippen LogP contribution in [0.1, 0.15) is 16.2 Å². The van der Waals surface area contributed by atoms with Gasteiger partial charge >= 0.3 is 0 Å². The largest absolute Gasteiger partial charge is 0.487 e. The number of rotatable bonds is 4. The third-order valence-electron chi connectivity index (χ3n) is 4.85. The van der Waals surface area contributed by atoms with Crippen LogP contribution in [0.3, 0.4) is 0 Å². The summed E-state index contributed by atoms with van der Waals surface area (Å²) in [6.07, 6.45) is 1.76. The van der Waals surface area contributed by atoms with Gasteiger partial charge in [-0.25, -0.2) is 0 Å². The molecule has 2 aromatic carbocycles. The molecule has 0 aliphatic carbocycles. The predicted octanol–water partition coefficient (Wildman–Crippen LogP) is 3.67. The summed E-state index contributed by atoms with van der Waals surface area (Å²) in [7, 11) is 0. The van der Waals surface area contributed by atoms with E-state index in [0.29, 0.717) is 25.4 Å². The molecule has 1 amide bonds. The molecule has 0 spiro atoms. The summed E-state index contributed by atoms with van der Waals surface area (Å²) in [6.45, 7) is 1.53. The Morgan fingerprint density at radius 3 is 2.68 bits per heavy atom. The topological polar surface area (TPSA) is 60.2 Å². The number of carbonyl (C=O) groups excluding carboxylic acids is 1. The van der Waals surface area contributed by atoms with Crippen LogP contribution in [-0.4, -0.2) is 27.2 Å². The summed E-state index contributed by atoms with van der Waals surface area (Å²) in [4.78, 5) is 19.3. The summed E-state index contributed by atoms with van der Waals surface area (Å²) in [6, 6.07) is 21.3. The molecule has 4 aromatic rings. The maximum Gasteiger partial charge on any atom is 0.276 e. The molecule has 6 heteroatoms. The molecule has 0 saturated heterocycles. The Labute approximate surface area is 162 Å². The van der Waals surface area contributed by atoms with Crippen molar-refractivity contribution in [1.82, 2.24) is 14.8 Å². The van der Waals surface area contributed by atoms with E-state index in [1.165, 1.54) is 0 Å². The fourth-order valence-corrected chi connectivity index (χ4v) is 3.45. The van der Waals surface area contributed by atoms with Crippen molar-refractivity contribution in [2.24, 2.45) is 0 Å². The van der Waals surface area contributed by atoms with Gasteiger partial charge in [0, 0.05) is 11.9 Å². The van der Waals surface area contributed by atoms with Crippen LogP contribution < -0.4 is 9.64 Å². The van der Waals surface area contributed by atoms with Crippen molar-refractivity contribution in [3.8, 4) is 5.75 Å². The molecule has 0 radical (unpaired) electrons. The summed E-state index contributed by atoms with van der Waals surface area (Å²) in [5.41, 5.74) is 3.04. The van der Waals surface area contributed by atoms with Crippen LogP contribution in [0.5, 0.6) is 5.75 Å².